The van der Waals surface area contributed by atoms with E-state index in [-0.39, 0.29) is 12.0 Å². The first-order chi connectivity index (χ1) is 10.1. The van der Waals surface area contributed by atoms with Crippen LogP contribution in [0.1, 0.15) is 25.3 Å². The van der Waals surface area contributed by atoms with E-state index in [0.717, 1.165) is 12.0 Å². The molecule has 0 spiro atoms. The van der Waals surface area contributed by atoms with Crippen molar-refractivity contribution in [1.29, 1.82) is 0 Å². The van der Waals surface area contributed by atoms with Crippen LogP contribution in [-0.2, 0) is 19.1 Å². The molecule has 0 radical (unpaired) electrons. The van der Waals surface area contributed by atoms with Gasteiger partial charge in [0.15, 0.2) is 0 Å². The fourth-order valence-corrected chi connectivity index (χ4v) is 1.66. The predicted molar refractivity (Wildman–Crippen MR) is 78.9 cm³/mol. The third kappa shape index (κ3) is 5.69. The molecular formula is C16H20O5. The van der Waals surface area contributed by atoms with Gasteiger partial charge in [-0.2, -0.15) is 0 Å². The summed E-state index contributed by atoms with van der Waals surface area (Å²) in [6, 6.07) is 7.28. The van der Waals surface area contributed by atoms with Gasteiger partial charge in [0.1, 0.15) is 5.75 Å². The molecule has 0 saturated carbocycles. The van der Waals surface area contributed by atoms with E-state index in [4.69, 9.17) is 4.74 Å². The number of hydrogen-bond donors (Lipinski definition) is 0. The normalized spacial score (nSPS) is 10.9. The van der Waals surface area contributed by atoms with Crippen molar-refractivity contribution in [2.45, 2.75) is 19.8 Å². The highest BCUT2D eigenvalue weighted by atomic mass is 16.5. The van der Waals surface area contributed by atoms with Crippen molar-refractivity contribution in [3.8, 4) is 5.75 Å². The Hall–Kier alpha value is -2.30. The lowest BCUT2D eigenvalue weighted by atomic mass is 10.1. The van der Waals surface area contributed by atoms with Gasteiger partial charge in [-0.25, -0.2) is 4.79 Å². The fourth-order valence-electron chi connectivity index (χ4n) is 1.66. The molecule has 0 N–H and O–H groups in total. The van der Waals surface area contributed by atoms with Crippen molar-refractivity contribution >= 4 is 18.0 Å². The van der Waals surface area contributed by atoms with Gasteiger partial charge in [-0.05, 0) is 30.2 Å². The molecule has 1 rings (SSSR count). The maximum atomic E-state index is 11.7. The maximum absolute atomic E-state index is 11.7. The number of rotatable bonds is 7. The van der Waals surface area contributed by atoms with E-state index in [1.165, 1.54) is 14.2 Å². The summed E-state index contributed by atoms with van der Waals surface area (Å²) in [4.78, 5) is 23.0. The highest BCUT2D eigenvalue weighted by Crippen LogP contribution is 2.18. The summed E-state index contributed by atoms with van der Waals surface area (Å²) in [7, 11) is 2.55. The van der Waals surface area contributed by atoms with Gasteiger partial charge in [-0.15, -0.1) is 0 Å². The minimum absolute atomic E-state index is 0.136. The Labute approximate surface area is 124 Å². The number of ether oxygens (including phenoxy) is 3. The van der Waals surface area contributed by atoms with Crippen molar-refractivity contribution in [2.24, 2.45) is 0 Å². The lowest BCUT2D eigenvalue weighted by molar-refractivity contribution is -0.143. The van der Waals surface area contributed by atoms with E-state index in [1.54, 1.807) is 12.1 Å². The van der Waals surface area contributed by atoms with Crippen LogP contribution in [0.3, 0.4) is 0 Å². The smallest absolute Gasteiger partial charge is 0.334 e. The van der Waals surface area contributed by atoms with Gasteiger partial charge in [-0.1, -0.05) is 19.1 Å². The minimum atomic E-state index is -0.555. The van der Waals surface area contributed by atoms with Crippen molar-refractivity contribution in [2.75, 3.05) is 20.8 Å². The van der Waals surface area contributed by atoms with Crippen LogP contribution < -0.4 is 4.74 Å². The van der Waals surface area contributed by atoms with Crippen LogP contribution in [0.4, 0.5) is 0 Å². The molecule has 0 aromatic heterocycles. The van der Waals surface area contributed by atoms with Crippen molar-refractivity contribution in [3.63, 3.8) is 0 Å². The second-order valence-electron chi connectivity index (χ2n) is 4.34. The molecule has 0 aliphatic heterocycles. The average molecular weight is 292 g/mol. The first-order valence-corrected chi connectivity index (χ1v) is 6.69. The molecule has 5 heteroatoms. The fraction of sp³-hybridized carbons (Fsp3) is 0.375. The van der Waals surface area contributed by atoms with E-state index in [2.05, 4.69) is 9.47 Å². The molecule has 21 heavy (non-hydrogen) atoms. The largest absolute Gasteiger partial charge is 0.494 e. The van der Waals surface area contributed by atoms with E-state index in [9.17, 15) is 9.59 Å². The summed E-state index contributed by atoms with van der Waals surface area (Å²) in [5.74, 6) is -0.335. The topological polar surface area (TPSA) is 61.8 Å². The van der Waals surface area contributed by atoms with Crippen LogP contribution in [0, 0.1) is 0 Å². The predicted octanol–water partition coefficient (Wildman–Crippen LogP) is 2.59. The Kier molecular flexibility index (Phi) is 7.01. The lowest BCUT2D eigenvalue weighted by Gasteiger charge is -2.07. The SMILES string of the molecule is CCCOc1cccc(C=C(CC(=O)OC)C(=O)OC)c1. The summed E-state index contributed by atoms with van der Waals surface area (Å²) in [6.07, 6.45) is 2.38. The van der Waals surface area contributed by atoms with Gasteiger partial charge < -0.3 is 14.2 Å². The zero-order valence-electron chi connectivity index (χ0n) is 12.5. The van der Waals surface area contributed by atoms with Crippen LogP contribution in [0.2, 0.25) is 0 Å². The van der Waals surface area contributed by atoms with Crippen molar-refractivity contribution in [1.82, 2.24) is 0 Å². The van der Waals surface area contributed by atoms with Gasteiger partial charge in [0.05, 0.1) is 27.2 Å². The van der Waals surface area contributed by atoms with Gasteiger partial charge >= 0.3 is 11.9 Å². The average Bonchev–Trinajstić information content (AvgIpc) is 2.51. The molecule has 0 atom stereocenters. The molecule has 0 unspecified atom stereocenters. The van der Waals surface area contributed by atoms with Gasteiger partial charge in [0, 0.05) is 5.57 Å². The van der Waals surface area contributed by atoms with Crippen LogP contribution in [0.5, 0.6) is 5.75 Å². The van der Waals surface area contributed by atoms with Gasteiger partial charge in [-0.3, -0.25) is 4.79 Å². The van der Waals surface area contributed by atoms with Crippen LogP contribution >= 0.6 is 0 Å². The molecule has 114 valence electrons. The number of hydrogen-bond acceptors (Lipinski definition) is 5. The zero-order valence-corrected chi connectivity index (χ0v) is 12.5. The van der Waals surface area contributed by atoms with Crippen LogP contribution in [-0.4, -0.2) is 32.8 Å². The first-order valence-electron chi connectivity index (χ1n) is 6.69. The van der Waals surface area contributed by atoms with E-state index >= 15 is 0 Å². The summed E-state index contributed by atoms with van der Waals surface area (Å²) < 4.78 is 14.8. The highest BCUT2D eigenvalue weighted by molar-refractivity contribution is 5.98. The second-order valence-corrected chi connectivity index (χ2v) is 4.34. The summed E-state index contributed by atoms with van der Waals surface area (Å²) in [5.41, 5.74) is 0.991. The monoisotopic (exact) mass is 292 g/mol. The summed E-state index contributed by atoms with van der Waals surface area (Å²) in [5, 5.41) is 0. The number of esters is 2. The number of benzene rings is 1. The van der Waals surface area contributed by atoms with Crippen molar-refractivity contribution < 1.29 is 23.8 Å². The first kappa shape index (κ1) is 16.8. The molecular weight excluding hydrogens is 272 g/mol. The molecule has 0 heterocycles. The Balaban J connectivity index is 2.97. The van der Waals surface area contributed by atoms with E-state index in [1.807, 2.05) is 25.1 Å². The van der Waals surface area contributed by atoms with E-state index < -0.39 is 11.9 Å². The van der Waals surface area contributed by atoms with Crippen molar-refractivity contribution in [3.05, 3.63) is 35.4 Å². The van der Waals surface area contributed by atoms with Crippen LogP contribution in [0.15, 0.2) is 29.8 Å². The third-order valence-electron chi connectivity index (χ3n) is 2.68. The van der Waals surface area contributed by atoms with Gasteiger partial charge in [0.2, 0.25) is 0 Å². The molecule has 0 amide bonds. The number of carbonyl (C=O) groups is 2. The Bertz CT molecular complexity index is 519. The molecule has 0 saturated heterocycles. The number of methoxy groups -OCH3 is 2. The maximum Gasteiger partial charge on any atom is 0.334 e. The Morgan fingerprint density at radius 3 is 2.57 bits per heavy atom. The summed E-state index contributed by atoms with van der Waals surface area (Å²) >= 11 is 0. The Morgan fingerprint density at radius 2 is 1.95 bits per heavy atom. The molecule has 0 aliphatic rings. The molecule has 1 aromatic carbocycles. The minimum Gasteiger partial charge on any atom is -0.494 e. The van der Waals surface area contributed by atoms with Crippen LogP contribution in [0.25, 0.3) is 6.08 Å². The molecule has 0 bridgehead atoms. The quantitative estimate of drug-likeness (QED) is 0.571. The molecule has 0 aliphatic carbocycles. The molecule has 5 nitrogen and oxygen atoms in total. The number of carbonyl (C=O) groups excluding carboxylic acids is 2. The van der Waals surface area contributed by atoms with E-state index in [0.29, 0.717) is 12.4 Å². The standard InChI is InChI=1S/C16H20O5/c1-4-8-21-14-7-5-6-12(10-14)9-13(16(18)20-3)11-15(17)19-2/h5-7,9-10H,4,8,11H2,1-3H3. The second kappa shape index (κ2) is 8.79. The van der Waals surface area contributed by atoms with Gasteiger partial charge in [0.25, 0.3) is 0 Å². The Morgan fingerprint density at radius 1 is 1.19 bits per heavy atom. The molecule has 1 aromatic rings. The lowest BCUT2D eigenvalue weighted by Crippen LogP contribution is -2.11. The molecule has 0 fully saturated rings. The highest BCUT2D eigenvalue weighted by Gasteiger charge is 2.15. The summed E-state index contributed by atoms with van der Waals surface area (Å²) in [6.45, 7) is 2.65. The third-order valence-corrected chi connectivity index (χ3v) is 2.68. The zero-order chi connectivity index (χ0) is 15.7.